The van der Waals surface area contributed by atoms with Gasteiger partial charge in [0.05, 0.1) is 6.10 Å². The lowest BCUT2D eigenvalue weighted by Crippen LogP contribution is -2.74. The van der Waals surface area contributed by atoms with Crippen LogP contribution in [0.25, 0.3) is 0 Å². The van der Waals surface area contributed by atoms with E-state index < -0.39 is 0 Å². The Labute approximate surface area is 126 Å². The van der Waals surface area contributed by atoms with Gasteiger partial charge in [-0.25, -0.2) is 0 Å². The summed E-state index contributed by atoms with van der Waals surface area (Å²) in [6.07, 6.45) is 13.3. The van der Waals surface area contributed by atoms with Crippen LogP contribution in [0.2, 0.25) is 0 Å². The van der Waals surface area contributed by atoms with Gasteiger partial charge in [0.25, 0.3) is 0 Å². The van der Waals surface area contributed by atoms with Gasteiger partial charge in [-0.15, -0.1) is 0 Å². The maximum atomic E-state index is 11.4. The van der Waals surface area contributed by atoms with E-state index in [1.807, 2.05) is 19.1 Å². The Morgan fingerprint density at radius 3 is 2.76 bits per heavy atom. The molecule has 0 aromatic heterocycles. The van der Waals surface area contributed by atoms with Crippen LogP contribution in [0, 0.1) is 34.5 Å². The van der Waals surface area contributed by atoms with Gasteiger partial charge in [-0.2, -0.15) is 0 Å². The molecule has 2 heteroatoms. The Balaban J connectivity index is 1.76. The van der Waals surface area contributed by atoms with E-state index in [1.165, 1.54) is 12.0 Å². The third-order valence-electron chi connectivity index (χ3n) is 7.42. The van der Waals surface area contributed by atoms with Crippen molar-refractivity contribution in [2.24, 2.45) is 34.5 Å². The Hall–Kier alpha value is -1.15. The van der Waals surface area contributed by atoms with Crippen molar-refractivity contribution in [1.29, 1.82) is 0 Å². The van der Waals surface area contributed by atoms with E-state index in [1.54, 1.807) is 0 Å². The largest absolute Gasteiger partial charge is 0.393 e. The number of hydrogen-bond acceptors (Lipinski definition) is 2. The standard InChI is InChI=1S/C19H24O2/c1-3-5-6-13(4-2)18(7-8-20)15-9-12-11-19(15)14(17(12)21)10-16(18)19/h3-6,8,12,14-17,21H,2,7,9-11H2,1H3/b5-3-,13-6+. The topological polar surface area (TPSA) is 37.3 Å². The van der Waals surface area contributed by atoms with Crippen molar-refractivity contribution < 1.29 is 9.90 Å². The Morgan fingerprint density at radius 2 is 2.14 bits per heavy atom. The highest BCUT2D eigenvalue weighted by molar-refractivity contribution is 5.57. The summed E-state index contributed by atoms with van der Waals surface area (Å²) in [6, 6.07) is 0. The van der Waals surface area contributed by atoms with E-state index in [9.17, 15) is 9.90 Å². The Morgan fingerprint density at radius 1 is 1.38 bits per heavy atom. The molecule has 1 N–H and O–H groups in total. The first-order valence-corrected chi connectivity index (χ1v) is 8.24. The number of rotatable bonds is 5. The quantitative estimate of drug-likeness (QED) is 0.621. The second-order valence-corrected chi connectivity index (χ2v) is 7.51. The van der Waals surface area contributed by atoms with Crippen LogP contribution in [0.5, 0.6) is 0 Å². The van der Waals surface area contributed by atoms with Gasteiger partial charge in [0.15, 0.2) is 0 Å². The normalized spacial score (nSPS) is 53.2. The fraction of sp³-hybridized carbons (Fsp3) is 0.632. The molecule has 0 aromatic carbocycles. The van der Waals surface area contributed by atoms with Gasteiger partial charge < -0.3 is 9.90 Å². The van der Waals surface area contributed by atoms with E-state index in [0.717, 1.165) is 19.1 Å². The second-order valence-electron chi connectivity index (χ2n) is 7.51. The summed E-state index contributed by atoms with van der Waals surface area (Å²) in [6.45, 7) is 6.03. The molecule has 4 rings (SSSR count). The van der Waals surface area contributed by atoms with Gasteiger partial charge in [-0.05, 0) is 60.8 Å². The third kappa shape index (κ3) is 1.23. The van der Waals surface area contributed by atoms with E-state index in [0.29, 0.717) is 35.5 Å². The molecule has 1 spiro atoms. The zero-order valence-electron chi connectivity index (χ0n) is 12.7. The predicted octanol–water partition coefficient (Wildman–Crippen LogP) is 3.29. The van der Waals surface area contributed by atoms with E-state index in [-0.39, 0.29) is 11.5 Å². The molecular formula is C19H24O2. The van der Waals surface area contributed by atoms with Crippen molar-refractivity contribution in [2.45, 2.75) is 38.7 Å². The first kappa shape index (κ1) is 13.5. The minimum absolute atomic E-state index is 0.00833. The monoisotopic (exact) mass is 284 g/mol. The molecule has 7 atom stereocenters. The van der Waals surface area contributed by atoms with Crippen molar-refractivity contribution in [1.82, 2.24) is 0 Å². The maximum absolute atomic E-state index is 11.4. The lowest BCUT2D eigenvalue weighted by molar-refractivity contribution is -0.288. The summed E-state index contributed by atoms with van der Waals surface area (Å²) >= 11 is 0. The molecule has 4 aliphatic carbocycles. The summed E-state index contributed by atoms with van der Waals surface area (Å²) in [5.41, 5.74) is 1.62. The van der Waals surface area contributed by atoms with E-state index in [2.05, 4.69) is 18.7 Å². The van der Waals surface area contributed by atoms with Gasteiger partial charge in [0, 0.05) is 11.8 Å². The van der Waals surface area contributed by atoms with Gasteiger partial charge in [-0.1, -0.05) is 30.9 Å². The molecule has 2 bridgehead atoms. The van der Waals surface area contributed by atoms with Crippen LogP contribution in [0.4, 0.5) is 0 Å². The molecule has 0 radical (unpaired) electrons. The summed E-state index contributed by atoms with van der Waals surface area (Å²) in [5.74, 6) is 2.16. The molecule has 0 aliphatic heterocycles. The van der Waals surface area contributed by atoms with Crippen molar-refractivity contribution in [2.75, 3.05) is 0 Å². The molecule has 0 heterocycles. The van der Waals surface area contributed by atoms with Crippen LogP contribution >= 0.6 is 0 Å². The number of hydrogen-bond donors (Lipinski definition) is 1. The number of carbonyl (C=O) groups is 1. The zero-order chi connectivity index (χ0) is 14.8. The summed E-state index contributed by atoms with van der Waals surface area (Å²) in [4.78, 5) is 11.4. The highest BCUT2D eigenvalue weighted by Gasteiger charge is 2.85. The van der Waals surface area contributed by atoms with Crippen LogP contribution < -0.4 is 0 Å². The molecule has 7 unspecified atom stereocenters. The molecule has 0 amide bonds. The number of aldehydes is 1. The zero-order valence-corrected chi connectivity index (χ0v) is 12.7. The molecule has 0 aromatic rings. The summed E-state index contributed by atoms with van der Waals surface area (Å²) in [5, 5.41) is 10.4. The van der Waals surface area contributed by atoms with Crippen molar-refractivity contribution >= 4 is 6.29 Å². The minimum Gasteiger partial charge on any atom is -0.393 e. The summed E-state index contributed by atoms with van der Waals surface area (Å²) < 4.78 is 0. The van der Waals surface area contributed by atoms with Gasteiger partial charge in [0.1, 0.15) is 6.29 Å². The van der Waals surface area contributed by atoms with Crippen LogP contribution in [-0.4, -0.2) is 17.5 Å². The molecule has 21 heavy (non-hydrogen) atoms. The van der Waals surface area contributed by atoms with Crippen LogP contribution in [0.15, 0.2) is 36.5 Å². The number of fused-ring (bicyclic) bond motifs is 1. The van der Waals surface area contributed by atoms with Crippen LogP contribution in [-0.2, 0) is 4.79 Å². The highest BCUT2D eigenvalue weighted by Crippen LogP contribution is 2.88. The lowest BCUT2D eigenvalue weighted by Gasteiger charge is -2.77. The van der Waals surface area contributed by atoms with Gasteiger partial charge in [0.2, 0.25) is 0 Å². The average molecular weight is 284 g/mol. The van der Waals surface area contributed by atoms with Crippen molar-refractivity contribution in [3.63, 3.8) is 0 Å². The maximum Gasteiger partial charge on any atom is 0.120 e. The van der Waals surface area contributed by atoms with Crippen molar-refractivity contribution in [3.8, 4) is 0 Å². The summed E-state index contributed by atoms with van der Waals surface area (Å²) in [7, 11) is 0. The predicted molar refractivity (Wildman–Crippen MR) is 82.5 cm³/mol. The van der Waals surface area contributed by atoms with Crippen LogP contribution in [0.3, 0.4) is 0 Å². The van der Waals surface area contributed by atoms with Gasteiger partial charge >= 0.3 is 0 Å². The highest BCUT2D eigenvalue weighted by atomic mass is 16.3. The molecule has 0 saturated heterocycles. The number of aliphatic hydroxyl groups is 1. The lowest BCUT2D eigenvalue weighted by atomic mass is 9.26. The SMILES string of the molecule is C=C/C(=C\C=C/C)C1(CC=O)C2CC3CC24C(CC14)C3O. The third-order valence-corrected chi connectivity index (χ3v) is 7.42. The first-order chi connectivity index (χ1) is 10.2. The minimum atomic E-state index is -0.0709. The van der Waals surface area contributed by atoms with E-state index in [4.69, 9.17) is 0 Å². The molecule has 4 saturated carbocycles. The average Bonchev–Trinajstić information content (AvgIpc) is 2.96. The number of allylic oxidation sites excluding steroid dienone is 5. The fourth-order valence-corrected chi connectivity index (χ4v) is 6.92. The number of aliphatic hydroxyl groups excluding tert-OH is 1. The Bertz CT molecular complexity index is 560. The molecule has 4 fully saturated rings. The van der Waals surface area contributed by atoms with E-state index >= 15 is 0 Å². The molecule has 112 valence electrons. The van der Waals surface area contributed by atoms with Gasteiger partial charge in [-0.3, -0.25) is 0 Å². The van der Waals surface area contributed by atoms with Crippen molar-refractivity contribution in [3.05, 3.63) is 36.5 Å². The molecule has 4 aliphatic rings. The number of carbonyl (C=O) groups excluding carboxylic acids is 1. The molecular weight excluding hydrogens is 260 g/mol. The van der Waals surface area contributed by atoms with Crippen LogP contribution in [0.1, 0.15) is 32.6 Å². The smallest absolute Gasteiger partial charge is 0.120 e. The Kier molecular flexibility index (Phi) is 2.70. The first-order valence-electron chi connectivity index (χ1n) is 8.24. The second kappa shape index (κ2) is 4.19. The molecule has 2 nitrogen and oxygen atoms in total. The fourth-order valence-electron chi connectivity index (χ4n) is 6.92.